The summed E-state index contributed by atoms with van der Waals surface area (Å²) in [5.41, 5.74) is 3.49. The first-order chi connectivity index (χ1) is 10.2. The highest BCUT2D eigenvalue weighted by atomic mass is 79.9. The fraction of sp³-hybridized carbons (Fsp3) is 0.294. The number of hydrogen-bond donors (Lipinski definition) is 2. The van der Waals surface area contributed by atoms with Crippen LogP contribution in [0.25, 0.3) is 0 Å². The van der Waals surface area contributed by atoms with Gasteiger partial charge < -0.3 is 15.2 Å². The van der Waals surface area contributed by atoms with Crippen LogP contribution in [0.2, 0.25) is 0 Å². The van der Waals surface area contributed by atoms with Crippen LogP contribution in [0.4, 0.5) is 0 Å². The molecule has 0 aliphatic heterocycles. The van der Waals surface area contributed by atoms with Crippen LogP contribution in [0.1, 0.15) is 22.7 Å². The molecule has 0 heterocycles. The van der Waals surface area contributed by atoms with Gasteiger partial charge in [-0.25, -0.2) is 0 Å². The van der Waals surface area contributed by atoms with Crippen molar-refractivity contribution in [3.8, 4) is 5.75 Å². The maximum absolute atomic E-state index is 10.3. The van der Waals surface area contributed by atoms with E-state index in [2.05, 4.69) is 33.4 Å². The Bertz CT molecular complexity index is 644. The van der Waals surface area contributed by atoms with Crippen LogP contribution in [0.3, 0.4) is 0 Å². The summed E-state index contributed by atoms with van der Waals surface area (Å²) in [6.45, 7) is 0.651. The first-order valence-corrected chi connectivity index (χ1v) is 7.80. The van der Waals surface area contributed by atoms with Crippen molar-refractivity contribution in [1.29, 1.82) is 0 Å². The number of aliphatic hydroxyl groups is 1. The van der Waals surface area contributed by atoms with Crippen molar-refractivity contribution in [2.75, 3.05) is 7.11 Å². The molecular weight excluding hydrogens is 330 g/mol. The lowest BCUT2D eigenvalue weighted by molar-refractivity contribution is 0.140. The van der Waals surface area contributed by atoms with Gasteiger partial charge in [-0.15, -0.1) is 0 Å². The summed E-state index contributed by atoms with van der Waals surface area (Å²) in [7, 11) is 1.67. The average Bonchev–Trinajstić information content (AvgIpc) is 2.81. The number of methoxy groups -OCH3 is 1. The topological polar surface area (TPSA) is 41.5 Å². The van der Waals surface area contributed by atoms with E-state index in [1.165, 1.54) is 11.1 Å². The molecule has 110 valence electrons. The lowest BCUT2D eigenvalue weighted by atomic mass is 10.1. The van der Waals surface area contributed by atoms with Crippen molar-refractivity contribution in [2.45, 2.75) is 25.1 Å². The molecule has 4 heteroatoms. The highest BCUT2D eigenvalue weighted by molar-refractivity contribution is 9.10. The van der Waals surface area contributed by atoms with Gasteiger partial charge in [-0.1, -0.05) is 40.2 Å². The van der Waals surface area contributed by atoms with E-state index >= 15 is 0 Å². The van der Waals surface area contributed by atoms with Crippen molar-refractivity contribution in [2.24, 2.45) is 0 Å². The fourth-order valence-electron chi connectivity index (χ4n) is 2.93. The zero-order valence-corrected chi connectivity index (χ0v) is 13.4. The van der Waals surface area contributed by atoms with Gasteiger partial charge in [0.05, 0.1) is 19.3 Å². The summed E-state index contributed by atoms with van der Waals surface area (Å²) in [4.78, 5) is 0. The van der Waals surface area contributed by atoms with E-state index in [0.29, 0.717) is 13.0 Å². The molecule has 3 nitrogen and oxygen atoms in total. The summed E-state index contributed by atoms with van der Waals surface area (Å²) in [6.07, 6.45) is 0.337. The maximum atomic E-state index is 10.3. The second kappa shape index (κ2) is 6.18. The van der Waals surface area contributed by atoms with Crippen molar-refractivity contribution < 1.29 is 9.84 Å². The van der Waals surface area contributed by atoms with Gasteiger partial charge >= 0.3 is 0 Å². The van der Waals surface area contributed by atoms with Crippen LogP contribution in [-0.4, -0.2) is 18.3 Å². The van der Waals surface area contributed by atoms with Gasteiger partial charge in [0.2, 0.25) is 0 Å². The zero-order chi connectivity index (χ0) is 14.8. The summed E-state index contributed by atoms with van der Waals surface area (Å²) in [5, 5.41) is 13.7. The lowest BCUT2D eigenvalue weighted by Gasteiger charge is -2.19. The third-order valence-electron chi connectivity index (χ3n) is 3.96. The molecule has 0 unspecified atom stereocenters. The Kier molecular flexibility index (Phi) is 4.29. The third kappa shape index (κ3) is 2.98. The molecule has 21 heavy (non-hydrogen) atoms. The highest BCUT2D eigenvalue weighted by Crippen LogP contribution is 2.32. The molecule has 0 fully saturated rings. The van der Waals surface area contributed by atoms with E-state index in [1.54, 1.807) is 7.11 Å². The minimum Gasteiger partial charge on any atom is -0.496 e. The number of ether oxygens (including phenoxy) is 1. The molecule has 0 bridgehead atoms. The SMILES string of the molecule is COc1ccc(Br)cc1CN[C@@H]1c2ccccc2C[C@@H]1O. The Balaban J connectivity index is 1.78. The largest absolute Gasteiger partial charge is 0.496 e. The smallest absolute Gasteiger partial charge is 0.123 e. The average molecular weight is 348 g/mol. The zero-order valence-electron chi connectivity index (χ0n) is 11.8. The Morgan fingerprint density at radius 3 is 2.90 bits per heavy atom. The minimum absolute atomic E-state index is 0.0233. The van der Waals surface area contributed by atoms with E-state index < -0.39 is 0 Å². The normalized spacial score (nSPS) is 20.3. The molecule has 1 aliphatic carbocycles. The van der Waals surface area contributed by atoms with Crippen molar-refractivity contribution in [3.63, 3.8) is 0 Å². The number of rotatable bonds is 4. The summed E-state index contributed by atoms with van der Waals surface area (Å²) in [5.74, 6) is 0.853. The second-order valence-electron chi connectivity index (χ2n) is 5.29. The molecule has 2 aromatic carbocycles. The Morgan fingerprint density at radius 1 is 1.29 bits per heavy atom. The lowest BCUT2D eigenvalue weighted by Crippen LogP contribution is -2.28. The van der Waals surface area contributed by atoms with Gasteiger partial charge in [-0.2, -0.15) is 0 Å². The molecule has 2 aromatic rings. The van der Waals surface area contributed by atoms with E-state index in [4.69, 9.17) is 4.74 Å². The standard InChI is InChI=1S/C17H18BrNO2/c1-21-16-7-6-13(18)8-12(16)10-19-17-14-5-3-2-4-11(14)9-15(17)20/h2-8,15,17,19-20H,9-10H2,1H3/t15-,17+/m0/s1. The number of halogens is 1. The van der Waals surface area contributed by atoms with Gasteiger partial charge in [0.1, 0.15) is 5.75 Å². The molecule has 1 aliphatic rings. The third-order valence-corrected chi connectivity index (χ3v) is 4.45. The van der Waals surface area contributed by atoms with Crippen LogP contribution >= 0.6 is 15.9 Å². The molecule has 2 atom stereocenters. The van der Waals surface area contributed by atoms with Crippen LogP contribution in [-0.2, 0) is 13.0 Å². The number of hydrogen-bond acceptors (Lipinski definition) is 3. The molecule has 0 spiro atoms. The molecule has 2 N–H and O–H groups in total. The molecule has 0 saturated carbocycles. The summed E-state index contributed by atoms with van der Waals surface area (Å²) < 4.78 is 6.41. The van der Waals surface area contributed by atoms with E-state index in [0.717, 1.165) is 15.8 Å². The maximum Gasteiger partial charge on any atom is 0.123 e. The first-order valence-electron chi connectivity index (χ1n) is 7.00. The molecule has 3 rings (SSSR count). The first kappa shape index (κ1) is 14.6. The molecule has 0 amide bonds. The Hall–Kier alpha value is -1.36. The predicted octanol–water partition coefficient (Wildman–Crippen LogP) is 3.21. The predicted molar refractivity (Wildman–Crippen MR) is 86.4 cm³/mol. The van der Waals surface area contributed by atoms with Crippen LogP contribution in [0.5, 0.6) is 5.75 Å². The molecule has 0 saturated heterocycles. The van der Waals surface area contributed by atoms with Crippen molar-refractivity contribution >= 4 is 15.9 Å². The van der Waals surface area contributed by atoms with Gasteiger partial charge in [-0.05, 0) is 29.3 Å². The fourth-order valence-corrected chi connectivity index (χ4v) is 3.33. The Labute approximate surface area is 133 Å². The van der Waals surface area contributed by atoms with Gasteiger partial charge in [-0.3, -0.25) is 0 Å². The number of fused-ring (bicyclic) bond motifs is 1. The van der Waals surface area contributed by atoms with Crippen LogP contribution in [0.15, 0.2) is 46.9 Å². The number of aliphatic hydroxyl groups excluding tert-OH is 1. The van der Waals surface area contributed by atoms with E-state index in [1.807, 2.05) is 30.3 Å². The van der Waals surface area contributed by atoms with Gasteiger partial charge in [0.25, 0.3) is 0 Å². The van der Waals surface area contributed by atoms with Crippen LogP contribution < -0.4 is 10.1 Å². The van der Waals surface area contributed by atoms with Gasteiger partial charge in [0.15, 0.2) is 0 Å². The monoisotopic (exact) mass is 347 g/mol. The molecule has 0 aromatic heterocycles. The molecular formula is C17H18BrNO2. The highest BCUT2D eigenvalue weighted by Gasteiger charge is 2.30. The number of nitrogens with one attached hydrogen (secondary N) is 1. The summed E-state index contributed by atoms with van der Waals surface area (Å²) in [6, 6.07) is 14.1. The van der Waals surface area contributed by atoms with E-state index in [9.17, 15) is 5.11 Å². The molecule has 0 radical (unpaired) electrons. The van der Waals surface area contributed by atoms with Crippen LogP contribution in [0, 0.1) is 0 Å². The Morgan fingerprint density at radius 2 is 2.10 bits per heavy atom. The number of benzene rings is 2. The summed E-state index contributed by atoms with van der Waals surface area (Å²) >= 11 is 3.48. The quantitative estimate of drug-likeness (QED) is 0.892. The van der Waals surface area contributed by atoms with Crippen molar-refractivity contribution in [3.05, 3.63) is 63.6 Å². The minimum atomic E-state index is -0.374. The van der Waals surface area contributed by atoms with E-state index in [-0.39, 0.29) is 12.1 Å². The van der Waals surface area contributed by atoms with Gasteiger partial charge in [0, 0.05) is 23.0 Å². The van der Waals surface area contributed by atoms with Crippen molar-refractivity contribution in [1.82, 2.24) is 5.32 Å². The second-order valence-corrected chi connectivity index (χ2v) is 6.20.